The zero-order chi connectivity index (χ0) is 23.4. The number of halogens is 1. The fourth-order valence-electron chi connectivity index (χ4n) is 3.78. The second-order valence-corrected chi connectivity index (χ2v) is 7.54. The lowest BCUT2D eigenvalue weighted by molar-refractivity contribution is -0.135. The van der Waals surface area contributed by atoms with Crippen LogP contribution >= 0.6 is 0 Å². The van der Waals surface area contributed by atoms with Crippen LogP contribution in [0.25, 0.3) is 0 Å². The lowest BCUT2D eigenvalue weighted by Crippen LogP contribution is -2.47. The van der Waals surface area contributed by atoms with E-state index in [1.807, 2.05) is 5.32 Å². The number of nitrogens with zero attached hydrogens (tertiary/aromatic N) is 2. The van der Waals surface area contributed by atoms with Crippen LogP contribution in [0.5, 0.6) is 5.88 Å². The quantitative estimate of drug-likeness (QED) is 0.538. The number of carboxylic acid groups (broad SMARTS) is 1. The van der Waals surface area contributed by atoms with Crippen LogP contribution in [-0.4, -0.2) is 43.6 Å². The van der Waals surface area contributed by atoms with Gasteiger partial charge in [-0.2, -0.15) is 0 Å². The van der Waals surface area contributed by atoms with E-state index in [0.29, 0.717) is 17.4 Å². The topological polar surface area (TPSA) is 148 Å². The van der Waals surface area contributed by atoms with Crippen molar-refractivity contribution in [2.24, 2.45) is 0 Å². The van der Waals surface area contributed by atoms with Crippen molar-refractivity contribution in [2.75, 3.05) is 6.54 Å². The number of aromatic nitrogens is 2. The Kier molecular flexibility index (Phi) is 6.86. The number of hydrogen-bond acceptors (Lipinski definition) is 6. The number of Topliss-reactive ketones (excluding diaryl/α,β-unsaturated/α-hetero) is 1. The normalized spacial score (nSPS) is 14.2. The first-order valence-corrected chi connectivity index (χ1v) is 10.1. The Morgan fingerprint density at radius 1 is 1.06 bits per heavy atom. The molecule has 1 fully saturated rings. The van der Waals surface area contributed by atoms with Crippen LogP contribution < -0.4 is 16.6 Å². The van der Waals surface area contributed by atoms with E-state index < -0.39 is 65.3 Å². The largest absolute Gasteiger partial charge is 0.494 e. The number of aromatic hydroxyl groups is 1. The third-order valence-electron chi connectivity index (χ3n) is 5.38. The van der Waals surface area contributed by atoms with Gasteiger partial charge in [-0.3, -0.25) is 28.3 Å². The molecular weight excluding hydrogens is 425 g/mol. The molecule has 10 nitrogen and oxygen atoms in total. The molecule has 3 rings (SSSR count). The molecule has 0 saturated heterocycles. The van der Waals surface area contributed by atoms with Crippen LogP contribution in [0.2, 0.25) is 0 Å². The van der Waals surface area contributed by atoms with E-state index in [-0.39, 0.29) is 5.56 Å². The monoisotopic (exact) mass is 447 g/mol. The number of rotatable bonds is 7. The van der Waals surface area contributed by atoms with Crippen LogP contribution in [-0.2, 0) is 11.3 Å². The average molecular weight is 447 g/mol. The van der Waals surface area contributed by atoms with Gasteiger partial charge in [0, 0.05) is 11.6 Å². The Morgan fingerprint density at radius 2 is 1.69 bits per heavy atom. The standard InChI is InChI=1S/C21H22FN3O7/c22-13-8-6-12(7-9-13)15(26)11-24-19(30)17(18(29)23-10-16(27)28)20(31)25(21(24)32)14-4-2-1-3-5-14/h6-9,14,31H,1-5,10-11H2,(H,23,29)(H,27,28). The maximum atomic E-state index is 13.1. The number of amides is 1. The van der Waals surface area contributed by atoms with Crippen molar-refractivity contribution in [2.45, 2.75) is 44.7 Å². The Bertz CT molecular complexity index is 1160. The zero-order valence-electron chi connectivity index (χ0n) is 17.0. The van der Waals surface area contributed by atoms with Gasteiger partial charge in [0.1, 0.15) is 12.4 Å². The van der Waals surface area contributed by atoms with E-state index in [9.17, 15) is 33.5 Å². The molecule has 1 amide bonds. The molecule has 2 aromatic rings. The predicted molar refractivity (Wildman–Crippen MR) is 109 cm³/mol. The highest BCUT2D eigenvalue weighted by atomic mass is 19.1. The minimum atomic E-state index is -1.37. The maximum Gasteiger partial charge on any atom is 0.334 e. The van der Waals surface area contributed by atoms with Gasteiger partial charge in [0.2, 0.25) is 5.88 Å². The molecule has 11 heteroatoms. The number of nitrogens with one attached hydrogen (secondary N) is 1. The molecule has 1 aromatic carbocycles. The highest BCUT2D eigenvalue weighted by Gasteiger charge is 2.29. The summed E-state index contributed by atoms with van der Waals surface area (Å²) in [6.07, 6.45) is 3.51. The first-order valence-electron chi connectivity index (χ1n) is 10.1. The van der Waals surface area contributed by atoms with E-state index in [1.165, 1.54) is 12.1 Å². The first-order chi connectivity index (χ1) is 15.2. The summed E-state index contributed by atoms with van der Waals surface area (Å²) in [4.78, 5) is 61.9. The first kappa shape index (κ1) is 22.9. The van der Waals surface area contributed by atoms with Gasteiger partial charge in [-0.15, -0.1) is 0 Å². The predicted octanol–water partition coefficient (Wildman–Crippen LogP) is 1.06. The van der Waals surface area contributed by atoms with Crippen molar-refractivity contribution in [3.05, 3.63) is 62.0 Å². The molecule has 0 spiro atoms. The Labute approximate surface area is 180 Å². The van der Waals surface area contributed by atoms with Gasteiger partial charge < -0.3 is 15.5 Å². The third kappa shape index (κ3) is 4.76. The fourth-order valence-corrected chi connectivity index (χ4v) is 3.78. The van der Waals surface area contributed by atoms with E-state index in [1.54, 1.807) is 0 Å². The van der Waals surface area contributed by atoms with Gasteiger partial charge >= 0.3 is 11.7 Å². The van der Waals surface area contributed by atoms with E-state index in [4.69, 9.17) is 5.11 Å². The maximum absolute atomic E-state index is 13.1. The van der Waals surface area contributed by atoms with Crippen molar-refractivity contribution >= 4 is 17.7 Å². The number of benzene rings is 1. The molecule has 0 bridgehead atoms. The summed E-state index contributed by atoms with van der Waals surface area (Å²) in [6, 6.07) is 4.01. The van der Waals surface area contributed by atoms with Crippen molar-refractivity contribution in [3.8, 4) is 5.88 Å². The Hall–Kier alpha value is -3.76. The van der Waals surface area contributed by atoms with Gasteiger partial charge in [-0.05, 0) is 37.1 Å². The van der Waals surface area contributed by atoms with Gasteiger partial charge in [0.05, 0.1) is 6.54 Å². The van der Waals surface area contributed by atoms with E-state index in [2.05, 4.69) is 0 Å². The van der Waals surface area contributed by atoms with Crippen LogP contribution in [0.1, 0.15) is 58.9 Å². The molecule has 0 unspecified atom stereocenters. The zero-order valence-corrected chi connectivity index (χ0v) is 17.0. The number of carbonyl (C=O) groups excluding carboxylic acids is 2. The molecular formula is C21H22FN3O7. The number of carboxylic acids is 1. The Balaban J connectivity index is 2.11. The highest BCUT2D eigenvalue weighted by Crippen LogP contribution is 2.30. The van der Waals surface area contributed by atoms with Crippen LogP contribution in [0, 0.1) is 5.82 Å². The Morgan fingerprint density at radius 3 is 2.28 bits per heavy atom. The second kappa shape index (κ2) is 9.58. The molecule has 1 aliphatic rings. The summed E-state index contributed by atoms with van der Waals surface area (Å²) < 4.78 is 14.6. The van der Waals surface area contributed by atoms with Crippen molar-refractivity contribution < 1.29 is 29.0 Å². The molecule has 0 radical (unpaired) electrons. The number of ketones is 1. The summed E-state index contributed by atoms with van der Waals surface area (Å²) in [6.45, 7) is -1.55. The van der Waals surface area contributed by atoms with Gasteiger partial charge in [-0.25, -0.2) is 9.18 Å². The second-order valence-electron chi connectivity index (χ2n) is 7.54. The molecule has 0 atom stereocenters. The number of hydrogen-bond donors (Lipinski definition) is 3. The summed E-state index contributed by atoms with van der Waals surface area (Å²) in [5.74, 6) is -4.66. The smallest absolute Gasteiger partial charge is 0.334 e. The van der Waals surface area contributed by atoms with Crippen molar-refractivity contribution in [1.29, 1.82) is 0 Å². The van der Waals surface area contributed by atoms with Crippen LogP contribution in [0.15, 0.2) is 33.9 Å². The fraction of sp³-hybridized carbons (Fsp3) is 0.381. The van der Waals surface area contributed by atoms with E-state index in [0.717, 1.165) is 36.0 Å². The summed E-state index contributed by atoms with van der Waals surface area (Å²) in [7, 11) is 0. The average Bonchev–Trinajstić information content (AvgIpc) is 2.76. The molecule has 1 heterocycles. The number of carbonyl (C=O) groups is 3. The minimum Gasteiger partial charge on any atom is -0.494 e. The SMILES string of the molecule is O=C(O)CNC(=O)c1c(O)n(C2CCCCC2)c(=O)n(CC(=O)c2ccc(F)cc2)c1=O. The van der Waals surface area contributed by atoms with Gasteiger partial charge in [-0.1, -0.05) is 19.3 Å². The van der Waals surface area contributed by atoms with Crippen LogP contribution in [0.4, 0.5) is 4.39 Å². The molecule has 1 aliphatic carbocycles. The van der Waals surface area contributed by atoms with Crippen molar-refractivity contribution in [3.63, 3.8) is 0 Å². The lowest BCUT2D eigenvalue weighted by atomic mass is 9.95. The van der Waals surface area contributed by atoms with E-state index >= 15 is 0 Å². The summed E-state index contributed by atoms with van der Waals surface area (Å²) in [5, 5.41) is 21.4. The molecule has 170 valence electrons. The van der Waals surface area contributed by atoms with Crippen LogP contribution in [0.3, 0.4) is 0 Å². The van der Waals surface area contributed by atoms with Gasteiger partial charge in [0.25, 0.3) is 11.5 Å². The molecule has 1 aromatic heterocycles. The molecule has 0 aliphatic heterocycles. The summed E-state index contributed by atoms with van der Waals surface area (Å²) in [5.41, 5.74) is -2.95. The van der Waals surface area contributed by atoms with Gasteiger partial charge in [0.15, 0.2) is 11.3 Å². The molecule has 32 heavy (non-hydrogen) atoms. The number of aliphatic carboxylic acids is 1. The molecule has 3 N–H and O–H groups in total. The lowest BCUT2D eigenvalue weighted by Gasteiger charge is -2.26. The third-order valence-corrected chi connectivity index (χ3v) is 5.38. The summed E-state index contributed by atoms with van der Waals surface area (Å²) >= 11 is 0. The van der Waals surface area contributed by atoms with Crippen molar-refractivity contribution in [1.82, 2.24) is 14.5 Å². The highest BCUT2D eigenvalue weighted by molar-refractivity contribution is 5.98. The molecule has 1 saturated carbocycles. The minimum absolute atomic E-state index is 0.0480.